The molecule has 0 aliphatic heterocycles. The van der Waals surface area contributed by atoms with Crippen LogP contribution in [0.2, 0.25) is 10.0 Å². The molecule has 0 aromatic heterocycles. The van der Waals surface area contributed by atoms with Crippen LogP contribution in [0.4, 0.5) is 0 Å². The maximum atomic E-state index is 12.9. The van der Waals surface area contributed by atoms with Gasteiger partial charge in [-0.3, -0.25) is 9.59 Å². The maximum Gasteiger partial charge on any atom is 0.251 e. The minimum absolute atomic E-state index is 0.0119. The van der Waals surface area contributed by atoms with E-state index in [1.165, 1.54) is 0 Å². The first kappa shape index (κ1) is 18.7. The van der Waals surface area contributed by atoms with Crippen LogP contribution in [-0.4, -0.2) is 29.8 Å². The highest BCUT2D eigenvalue weighted by molar-refractivity contribution is 6.36. The Morgan fingerprint density at radius 2 is 1.69 bits per heavy atom. The van der Waals surface area contributed by atoms with Crippen LogP contribution in [0.15, 0.2) is 42.5 Å². The smallest absolute Gasteiger partial charge is 0.251 e. The van der Waals surface area contributed by atoms with Crippen molar-refractivity contribution in [1.29, 1.82) is 0 Å². The number of nitrogens with one attached hydrogen (secondary N) is 1. The third-order valence-corrected chi connectivity index (χ3v) is 5.20. The third kappa shape index (κ3) is 4.37. The van der Waals surface area contributed by atoms with E-state index in [1.54, 1.807) is 37.4 Å². The number of carbonyl (C=O) groups is 2. The van der Waals surface area contributed by atoms with E-state index in [9.17, 15) is 9.59 Å². The van der Waals surface area contributed by atoms with Gasteiger partial charge in [0.05, 0.1) is 6.42 Å². The zero-order chi connectivity index (χ0) is 18.7. The van der Waals surface area contributed by atoms with Gasteiger partial charge in [-0.15, -0.1) is 0 Å². The largest absolute Gasteiger partial charge is 0.355 e. The Labute approximate surface area is 163 Å². The zero-order valence-electron chi connectivity index (χ0n) is 14.5. The second-order valence-electron chi connectivity index (χ2n) is 6.41. The lowest BCUT2D eigenvalue weighted by Gasteiger charge is -2.23. The van der Waals surface area contributed by atoms with Gasteiger partial charge in [-0.05, 0) is 48.2 Å². The van der Waals surface area contributed by atoms with Crippen LogP contribution in [0.3, 0.4) is 0 Å². The van der Waals surface area contributed by atoms with Crippen molar-refractivity contribution in [1.82, 2.24) is 10.2 Å². The van der Waals surface area contributed by atoms with Gasteiger partial charge >= 0.3 is 0 Å². The van der Waals surface area contributed by atoms with Crippen LogP contribution < -0.4 is 5.32 Å². The van der Waals surface area contributed by atoms with E-state index < -0.39 is 0 Å². The summed E-state index contributed by atoms with van der Waals surface area (Å²) >= 11 is 12.4. The Bertz CT molecular complexity index is 797. The van der Waals surface area contributed by atoms with Gasteiger partial charge in [0.15, 0.2) is 0 Å². The standard InChI is InChI=1S/C20H20Cl2N2O2/c1-23-20(26)14-7-5-13(6-8-14)12-24(15-9-10-15)19(25)11-16-17(21)3-2-4-18(16)22/h2-8,15H,9-12H2,1H3,(H,23,26). The van der Waals surface area contributed by atoms with Crippen molar-refractivity contribution in [2.75, 3.05) is 7.05 Å². The molecule has 0 unspecified atom stereocenters. The summed E-state index contributed by atoms with van der Waals surface area (Å²) in [6, 6.07) is 12.8. The number of hydrogen-bond acceptors (Lipinski definition) is 2. The molecular formula is C20H20Cl2N2O2. The third-order valence-electron chi connectivity index (χ3n) is 4.49. The molecule has 2 amide bonds. The predicted molar refractivity (Wildman–Crippen MR) is 104 cm³/mol. The van der Waals surface area contributed by atoms with E-state index in [0.29, 0.717) is 27.7 Å². The lowest BCUT2D eigenvalue weighted by Crippen LogP contribution is -2.34. The molecule has 0 atom stereocenters. The quantitative estimate of drug-likeness (QED) is 0.807. The molecule has 1 N–H and O–H groups in total. The Hall–Kier alpha value is -2.04. The first-order valence-electron chi connectivity index (χ1n) is 8.53. The van der Waals surface area contributed by atoms with Crippen LogP contribution in [0, 0.1) is 0 Å². The van der Waals surface area contributed by atoms with Gasteiger partial charge in [-0.2, -0.15) is 0 Å². The van der Waals surface area contributed by atoms with Gasteiger partial charge in [-0.1, -0.05) is 41.4 Å². The van der Waals surface area contributed by atoms with Crippen molar-refractivity contribution in [2.45, 2.75) is 31.8 Å². The molecule has 1 fully saturated rings. The highest BCUT2D eigenvalue weighted by atomic mass is 35.5. The molecule has 136 valence electrons. The van der Waals surface area contributed by atoms with Crippen LogP contribution >= 0.6 is 23.2 Å². The molecule has 1 aliphatic carbocycles. The van der Waals surface area contributed by atoms with Gasteiger partial charge in [0.1, 0.15) is 0 Å². The van der Waals surface area contributed by atoms with E-state index in [2.05, 4.69) is 5.32 Å². The summed E-state index contributed by atoms with van der Waals surface area (Å²) in [5.41, 5.74) is 2.26. The first-order valence-corrected chi connectivity index (χ1v) is 9.28. The highest BCUT2D eigenvalue weighted by Gasteiger charge is 2.32. The van der Waals surface area contributed by atoms with E-state index >= 15 is 0 Å². The maximum absolute atomic E-state index is 12.9. The van der Waals surface area contributed by atoms with Gasteiger partial charge in [0.2, 0.25) is 5.91 Å². The van der Waals surface area contributed by atoms with Gasteiger partial charge in [-0.25, -0.2) is 0 Å². The number of carbonyl (C=O) groups excluding carboxylic acids is 2. The Morgan fingerprint density at radius 1 is 1.08 bits per heavy atom. The van der Waals surface area contributed by atoms with Crippen molar-refractivity contribution in [2.24, 2.45) is 0 Å². The molecule has 2 aromatic rings. The summed E-state index contributed by atoms with van der Waals surface area (Å²) in [5.74, 6) is -0.113. The number of nitrogens with zero attached hydrogens (tertiary/aromatic N) is 1. The van der Waals surface area contributed by atoms with Crippen molar-refractivity contribution in [3.63, 3.8) is 0 Å². The number of amides is 2. The topological polar surface area (TPSA) is 49.4 Å². The van der Waals surface area contributed by atoms with E-state index in [1.807, 2.05) is 17.0 Å². The lowest BCUT2D eigenvalue weighted by atomic mass is 10.1. The normalized spacial score (nSPS) is 13.3. The lowest BCUT2D eigenvalue weighted by molar-refractivity contribution is -0.131. The predicted octanol–water partition coefficient (Wildman–Crippen LogP) is 4.09. The number of hydrogen-bond donors (Lipinski definition) is 1. The van der Waals surface area contributed by atoms with Crippen molar-refractivity contribution < 1.29 is 9.59 Å². The highest BCUT2D eigenvalue weighted by Crippen LogP contribution is 2.31. The summed E-state index contributed by atoms with van der Waals surface area (Å²) in [6.45, 7) is 0.513. The fourth-order valence-electron chi connectivity index (χ4n) is 2.86. The summed E-state index contributed by atoms with van der Waals surface area (Å²) < 4.78 is 0. The second kappa shape index (κ2) is 8.11. The molecule has 6 heteroatoms. The molecular weight excluding hydrogens is 371 g/mol. The van der Waals surface area contributed by atoms with E-state index in [0.717, 1.165) is 18.4 Å². The molecule has 0 bridgehead atoms. The molecule has 2 aromatic carbocycles. The molecule has 3 rings (SSSR count). The molecule has 0 spiro atoms. The van der Waals surface area contributed by atoms with Crippen LogP contribution in [0.1, 0.15) is 34.3 Å². The average molecular weight is 391 g/mol. The SMILES string of the molecule is CNC(=O)c1ccc(CN(C(=O)Cc2c(Cl)cccc2Cl)C2CC2)cc1. The van der Waals surface area contributed by atoms with Gasteiger partial charge in [0.25, 0.3) is 5.91 Å². The molecule has 0 radical (unpaired) electrons. The molecule has 0 saturated heterocycles. The summed E-state index contributed by atoms with van der Waals surface area (Å²) in [5, 5.41) is 3.62. The minimum atomic E-state index is -0.125. The average Bonchev–Trinajstić information content (AvgIpc) is 3.47. The minimum Gasteiger partial charge on any atom is -0.355 e. The molecule has 1 aliphatic rings. The Balaban J connectivity index is 1.73. The van der Waals surface area contributed by atoms with Gasteiger partial charge in [0, 0.05) is 35.2 Å². The molecule has 4 nitrogen and oxygen atoms in total. The fourth-order valence-corrected chi connectivity index (χ4v) is 3.39. The van der Waals surface area contributed by atoms with Crippen LogP contribution in [-0.2, 0) is 17.8 Å². The van der Waals surface area contributed by atoms with E-state index in [4.69, 9.17) is 23.2 Å². The first-order chi connectivity index (χ1) is 12.5. The van der Waals surface area contributed by atoms with E-state index in [-0.39, 0.29) is 24.3 Å². The van der Waals surface area contributed by atoms with Crippen LogP contribution in [0.5, 0.6) is 0 Å². The Kier molecular flexibility index (Phi) is 5.84. The zero-order valence-corrected chi connectivity index (χ0v) is 16.0. The second-order valence-corrected chi connectivity index (χ2v) is 7.22. The summed E-state index contributed by atoms with van der Waals surface area (Å²) in [6.07, 6.45) is 2.21. The Morgan fingerprint density at radius 3 is 2.23 bits per heavy atom. The van der Waals surface area contributed by atoms with Crippen molar-refractivity contribution >= 4 is 35.0 Å². The molecule has 0 heterocycles. The number of rotatable bonds is 6. The summed E-state index contributed by atoms with van der Waals surface area (Å²) in [7, 11) is 1.60. The van der Waals surface area contributed by atoms with Crippen molar-refractivity contribution in [3.05, 3.63) is 69.2 Å². The fraction of sp³-hybridized carbons (Fsp3) is 0.300. The monoisotopic (exact) mass is 390 g/mol. The molecule has 1 saturated carbocycles. The summed E-state index contributed by atoms with van der Waals surface area (Å²) in [4.78, 5) is 26.4. The van der Waals surface area contributed by atoms with Gasteiger partial charge < -0.3 is 10.2 Å². The number of benzene rings is 2. The van der Waals surface area contributed by atoms with Crippen molar-refractivity contribution in [3.8, 4) is 0 Å². The van der Waals surface area contributed by atoms with Crippen LogP contribution in [0.25, 0.3) is 0 Å². The molecule has 26 heavy (non-hydrogen) atoms. The number of halogens is 2.